The summed E-state index contributed by atoms with van der Waals surface area (Å²) in [5, 5.41) is 5.37. The van der Waals surface area contributed by atoms with Crippen LogP contribution in [0.1, 0.15) is 43.4 Å². The number of hydrogen-bond donors (Lipinski definition) is 0. The van der Waals surface area contributed by atoms with Crippen LogP contribution in [0.2, 0.25) is 0 Å². The van der Waals surface area contributed by atoms with E-state index in [0.29, 0.717) is 0 Å². The molecule has 1 aromatic heterocycles. The lowest BCUT2D eigenvalue weighted by Crippen LogP contribution is -2.38. The number of nitrogens with zero attached hydrogens (tertiary/aromatic N) is 2. The maximum Gasteiger partial charge on any atom is 0.151 e. The highest BCUT2D eigenvalue weighted by Gasteiger charge is 2.41. The molecular weight excluding hydrogens is 288 g/mol. The summed E-state index contributed by atoms with van der Waals surface area (Å²) in [7, 11) is 1.86. The third-order valence-corrected chi connectivity index (χ3v) is 4.90. The van der Waals surface area contributed by atoms with Crippen LogP contribution in [0, 0.1) is 12.8 Å². The number of aryl methyl sites for hydroxylation is 2. The highest BCUT2D eigenvalue weighted by molar-refractivity contribution is 7.98. The zero-order valence-electron chi connectivity index (χ0n) is 12.8. The summed E-state index contributed by atoms with van der Waals surface area (Å²) in [6, 6.07) is 0. The summed E-state index contributed by atoms with van der Waals surface area (Å²) >= 11 is 1.56. The predicted octanol–water partition coefficient (Wildman–Crippen LogP) is 2.06. The van der Waals surface area contributed by atoms with Crippen LogP contribution in [-0.4, -0.2) is 33.4 Å². The monoisotopic (exact) mass is 308 g/mol. The maximum absolute atomic E-state index is 12.2. The number of Topliss-reactive ketones (excluding diaryl/α,β-unsaturated/α-hetero) is 3. The van der Waals surface area contributed by atoms with Gasteiger partial charge in [-0.2, -0.15) is 5.10 Å². The fourth-order valence-corrected chi connectivity index (χ4v) is 3.95. The van der Waals surface area contributed by atoms with E-state index >= 15 is 0 Å². The van der Waals surface area contributed by atoms with E-state index in [4.69, 9.17) is 0 Å². The van der Waals surface area contributed by atoms with Gasteiger partial charge in [0.05, 0.1) is 10.7 Å². The van der Waals surface area contributed by atoms with Crippen molar-refractivity contribution < 1.29 is 14.4 Å². The molecule has 0 amide bonds. The van der Waals surface area contributed by atoms with Crippen LogP contribution in [0.5, 0.6) is 0 Å². The van der Waals surface area contributed by atoms with E-state index in [1.807, 2.05) is 20.2 Å². The van der Waals surface area contributed by atoms with Crippen molar-refractivity contribution in [1.82, 2.24) is 9.78 Å². The Hall–Kier alpha value is -1.43. The summed E-state index contributed by atoms with van der Waals surface area (Å²) in [5.74, 6) is -1.91. The van der Waals surface area contributed by atoms with Gasteiger partial charge in [0.1, 0.15) is 5.92 Å². The lowest BCUT2D eigenvalue weighted by Gasteiger charge is -2.26. The number of thioether (sulfide) groups is 1. The highest BCUT2D eigenvalue weighted by Crippen LogP contribution is 2.38. The Labute approximate surface area is 128 Å². The van der Waals surface area contributed by atoms with Crippen LogP contribution in [0.4, 0.5) is 0 Å². The molecule has 0 aliphatic heterocycles. The quantitative estimate of drug-likeness (QED) is 0.629. The fraction of sp³-hybridized carbons (Fsp3) is 0.600. The SMILES string of the molecule is CCC(=O)C1C(=O)CC(c2c(C)nn(C)c2SC)CC1=O. The Kier molecular flexibility index (Phi) is 4.66. The molecule has 0 N–H and O–H groups in total. The minimum atomic E-state index is -1.03. The van der Waals surface area contributed by atoms with Crippen molar-refractivity contribution in [3.8, 4) is 0 Å². The molecular formula is C15H20N2O3S. The van der Waals surface area contributed by atoms with Gasteiger partial charge in [-0.15, -0.1) is 11.8 Å². The van der Waals surface area contributed by atoms with Crippen LogP contribution >= 0.6 is 11.8 Å². The molecule has 0 spiro atoms. The van der Waals surface area contributed by atoms with Crippen LogP contribution in [0.15, 0.2) is 5.03 Å². The van der Waals surface area contributed by atoms with Crippen molar-refractivity contribution in [1.29, 1.82) is 0 Å². The Morgan fingerprint density at radius 2 is 1.90 bits per heavy atom. The second kappa shape index (κ2) is 6.13. The first-order chi connectivity index (χ1) is 9.90. The number of aromatic nitrogens is 2. The normalized spacial score (nSPS) is 22.7. The molecule has 1 aliphatic rings. The second-order valence-corrected chi connectivity index (χ2v) is 6.22. The molecule has 0 unspecified atom stereocenters. The summed E-state index contributed by atoms with van der Waals surface area (Å²) in [4.78, 5) is 36.2. The molecule has 2 rings (SSSR count). The molecule has 0 bridgehead atoms. The van der Waals surface area contributed by atoms with Gasteiger partial charge in [0.15, 0.2) is 17.3 Å². The number of carbonyl (C=O) groups excluding carboxylic acids is 3. The average Bonchev–Trinajstić information content (AvgIpc) is 2.71. The number of ketones is 3. The van der Waals surface area contributed by atoms with Crippen molar-refractivity contribution in [2.45, 2.75) is 44.1 Å². The molecule has 114 valence electrons. The first-order valence-corrected chi connectivity index (χ1v) is 8.28. The highest BCUT2D eigenvalue weighted by atomic mass is 32.2. The molecule has 1 saturated carbocycles. The average molecular weight is 308 g/mol. The first-order valence-electron chi connectivity index (χ1n) is 7.06. The van der Waals surface area contributed by atoms with Crippen LogP contribution in [0.25, 0.3) is 0 Å². The van der Waals surface area contributed by atoms with Crippen molar-refractivity contribution in [3.05, 3.63) is 11.3 Å². The van der Waals surface area contributed by atoms with E-state index < -0.39 is 5.92 Å². The smallest absolute Gasteiger partial charge is 0.151 e. The number of carbonyl (C=O) groups is 3. The molecule has 1 fully saturated rings. The van der Waals surface area contributed by atoms with Crippen LogP contribution < -0.4 is 0 Å². The van der Waals surface area contributed by atoms with Gasteiger partial charge in [0.25, 0.3) is 0 Å². The topological polar surface area (TPSA) is 69.0 Å². The third kappa shape index (κ3) is 2.81. The largest absolute Gasteiger partial charge is 0.298 e. The molecule has 1 heterocycles. The summed E-state index contributed by atoms with van der Waals surface area (Å²) in [6.07, 6.45) is 2.69. The van der Waals surface area contributed by atoms with Gasteiger partial charge < -0.3 is 0 Å². The number of rotatable bonds is 4. The van der Waals surface area contributed by atoms with Gasteiger partial charge in [0.2, 0.25) is 0 Å². The van der Waals surface area contributed by atoms with Crippen LogP contribution in [-0.2, 0) is 21.4 Å². The van der Waals surface area contributed by atoms with Crippen molar-refractivity contribution in [2.75, 3.05) is 6.26 Å². The number of hydrogen-bond acceptors (Lipinski definition) is 5. The summed E-state index contributed by atoms with van der Waals surface area (Å²) in [6.45, 7) is 3.58. The Balaban J connectivity index is 2.32. The van der Waals surface area contributed by atoms with Gasteiger partial charge in [-0.3, -0.25) is 19.1 Å². The predicted molar refractivity (Wildman–Crippen MR) is 80.5 cm³/mol. The molecule has 5 nitrogen and oxygen atoms in total. The molecule has 1 aliphatic carbocycles. The van der Waals surface area contributed by atoms with Gasteiger partial charge in [-0.25, -0.2) is 0 Å². The molecule has 0 atom stereocenters. The van der Waals surface area contributed by atoms with E-state index in [0.717, 1.165) is 16.3 Å². The molecule has 0 aromatic carbocycles. The van der Waals surface area contributed by atoms with Gasteiger partial charge >= 0.3 is 0 Å². The Morgan fingerprint density at radius 3 is 2.38 bits per heavy atom. The molecule has 1 aromatic rings. The lowest BCUT2D eigenvalue weighted by molar-refractivity contribution is -0.142. The standard InChI is InChI=1S/C15H20N2O3S/c1-5-10(18)14-11(19)6-9(7-12(14)20)13-8(2)16-17(3)15(13)21-4/h9,14H,5-7H2,1-4H3. The van der Waals surface area contributed by atoms with Crippen molar-refractivity contribution in [3.63, 3.8) is 0 Å². The zero-order chi connectivity index (χ0) is 15.7. The minimum absolute atomic E-state index is 0.151. The molecule has 0 saturated heterocycles. The van der Waals surface area contributed by atoms with Crippen molar-refractivity contribution >= 4 is 29.1 Å². The van der Waals surface area contributed by atoms with Gasteiger partial charge in [-0.05, 0) is 13.2 Å². The first kappa shape index (κ1) is 15.9. The van der Waals surface area contributed by atoms with E-state index in [1.54, 1.807) is 23.4 Å². The summed E-state index contributed by atoms with van der Waals surface area (Å²) in [5.41, 5.74) is 1.84. The van der Waals surface area contributed by atoms with E-state index in [2.05, 4.69) is 5.10 Å². The van der Waals surface area contributed by atoms with E-state index in [9.17, 15) is 14.4 Å². The second-order valence-electron chi connectivity index (χ2n) is 5.42. The molecule has 21 heavy (non-hydrogen) atoms. The van der Waals surface area contributed by atoms with E-state index in [-0.39, 0.29) is 42.5 Å². The fourth-order valence-electron chi connectivity index (χ4n) is 3.11. The van der Waals surface area contributed by atoms with Gasteiger partial charge in [0, 0.05) is 37.8 Å². The van der Waals surface area contributed by atoms with E-state index in [1.165, 1.54) is 0 Å². The maximum atomic E-state index is 12.2. The molecule has 6 heteroatoms. The Morgan fingerprint density at radius 1 is 1.33 bits per heavy atom. The summed E-state index contributed by atoms with van der Waals surface area (Å²) < 4.78 is 1.79. The molecule has 0 radical (unpaired) electrons. The van der Waals surface area contributed by atoms with Crippen molar-refractivity contribution in [2.24, 2.45) is 13.0 Å². The third-order valence-electron chi connectivity index (χ3n) is 4.03. The lowest BCUT2D eigenvalue weighted by atomic mass is 9.75. The minimum Gasteiger partial charge on any atom is -0.298 e. The van der Waals surface area contributed by atoms with Gasteiger partial charge in [-0.1, -0.05) is 6.92 Å². The zero-order valence-corrected chi connectivity index (χ0v) is 13.6. The van der Waals surface area contributed by atoms with Crippen LogP contribution in [0.3, 0.4) is 0 Å². The Bertz CT molecular complexity index is 588.